The van der Waals surface area contributed by atoms with Crippen molar-refractivity contribution in [1.29, 1.82) is 0 Å². The first-order valence-electron chi connectivity index (χ1n) is 5.33. The molecule has 0 spiro atoms. The third-order valence-electron chi connectivity index (χ3n) is 3.61. The van der Waals surface area contributed by atoms with E-state index in [1.165, 1.54) is 19.3 Å². The zero-order valence-corrected chi connectivity index (χ0v) is 8.59. The first-order valence-corrected chi connectivity index (χ1v) is 5.33. The third kappa shape index (κ3) is 2.22. The van der Waals surface area contributed by atoms with Crippen molar-refractivity contribution in [1.82, 2.24) is 0 Å². The van der Waals surface area contributed by atoms with Crippen LogP contribution in [0, 0.1) is 17.8 Å². The fourth-order valence-electron chi connectivity index (χ4n) is 2.27. The molecule has 1 heteroatoms. The van der Waals surface area contributed by atoms with Crippen molar-refractivity contribution in [3.8, 4) is 0 Å². The van der Waals surface area contributed by atoms with Crippen LogP contribution in [-0.4, -0.2) is 11.2 Å². The molecule has 1 saturated carbocycles. The van der Waals surface area contributed by atoms with Gasteiger partial charge in [-0.1, -0.05) is 27.2 Å². The van der Waals surface area contributed by atoms with E-state index < -0.39 is 0 Å². The van der Waals surface area contributed by atoms with Gasteiger partial charge in [-0.2, -0.15) is 0 Å². The average molecular weight is 170 g/mol. The summed E-state index contributed by atoms with van der Waals surface area (Å²) in [6, 6.07) is 0. The number of aliphatic hydroxyl groups excluding tert-OH is 1. The number of hydrogen-bond donors (Lipinski definition) is 1. The van der Waals surface area contributed by atoms with Gasteiger partial charge in [0.1, 0.15) is 0 Å². The van der Waals surface area contributed by atoms with Crippen molar-refractivity contribution in [3.63, 3.8) is 0 Å². The predicted octanol–water partition coefficient (Wildman–Crippen LogP) is 2.83. The third-order valence-corrected chi connectivity index (χ3v) is 3.61. The molecule has 12 heavy (non-hydrogen) atoms. The lowest BCUT2D eigenvalue weighted by Crippen LogP contribution is -2.29. The molecule has 1 fully saturated rings. The molecule has 0 bridgehead atoms. The molecule has 0 aromatic heterocycles. The largest absolute Gasteiger partial charge is 0.393 e. The minimum atomic E-state index is -0.0229. The highest BCUT2D eigenvalue weighted by molar-refractivity contribution is 4.79. The van der Waals surface area contributed by atoms with Crippen molar-refractivity contribution in [2.24, 2.45) is 17.8 Å². The lowest BCUT2D eigenvalue weighted by molar-refractivity contribution is 0.0439. The SMILES string of the molecule is CCC(C)C1CCC(O)[C@H](C)C1. The van der Waals surface area contributed by atoms with E-state index in [0.717, 1.165) is 18.3 Å². The van der Waals surface area contributed by atoms with E-state index in [4.69, 9.17) is 0 Å². The van der Waals surface area contributed by atoms with Crippen LogP contribution in [0.4, 0.5) is 0 Å². The maximum Gasteiger partial charge on any atom is 0.0566 e. The molecule has 72 valence electrons. The molecule has 1 N–H and O–H groups in total. The second-order valence-electron chi connectivity index (χ2n) is 4.50. The summed E-state index contributed by atoms with van der Waals surface area (Å²) in [6.45, 7) is 6.79. The number of aliphatic hydroxyl groups is 1. The average Bonchev–Trinajstić information content (AvgIpc) is 2.08. The van der Waals surface area contributed by atoms with Crippen LogP contribution in [0.3, 0.4) is 0 Å². The zero-order valence-electron chi connectivity index (χ0n) is 8.59. The van der Waals surface area contributed by atoms with Crippen molar-refractivity contribution >= 4 is 0 Å². The Bertz CT molecular complexity index is 133. The first kappa shape index (κ1) is 10.0. The van der Waals surface area contributed by atoms with Crippen molar-refractivity contribution in [3.05, 3.63) is 0 Å². The fraction of sp³-hybridized carbons (Fsp3) is 1.00. The van der Waals surface area contributed by atoms with Crippen molar-refractivity contribution < 1.29 is 5.11 Å². The molecule has 4 atom stereocenters. The zero-order chi connectivity index (χ0) is 9.14. The Kier molecular flexibility index (Phi) is 3.57. The summed E-state index contributed by atoms with van der Waals surface area (Å²) in [6.07, 6.45) is 4.76. The topological polar surface area (TPSA) is 20.2 Å². The first-order chi connectivity index (χ1) is 5.65. The molecule has 0 aliphatic heterocycles. The Morgan fingerprint density at radius 3 is 2.58 bits per heavy atom. The van der Waals surface area contributed by atoms with Crippen LogP contribution < -0.4 is 0 Å². The molecule has 1 nitrogen and oxygen atoms in total. The quantitative estimate of drug-likeness (QED) is 0.675. The van der Waals surface area contributed by atoms with Gasteiger partial charge in [-0.05, 0) is 37.0 Å². The van der Waals surface area contributed by atoms with Gasteiger partial charge in [0.2, 0.25) is 0 Å². The maximum absolute atomic E-state index is 9.55. The second kappa shape index (κ2) is 4.27. The van der Waals surface area contributed by atoms with E-state index >= 15 is 0 Å². The molecule has 0 aromatic carbocycles. The number of hydrogen-bond acceptors (Lipinski definition) is 1. The summed E-state index contributed by atoms with van der Waals surface area (Å²) >= 11 is 0. The van der Waals surface area contributed by atoms with Gasteiger partial charge in [-0.3, -0.25) is 0 Å². The summed E-state index contributed by atoms with van der Waals surface area (Å²) in [5.41, 5.74) is 0. The van der Waals surface area contributed by atoms with Crippen molar-refractivity contribution in [2.75, 3.05) is 0 Å². The predicted molar refractivity (Wildman–Crippen MR) is 52.0 cm³/mol. The van der Waals surface area contributed by atoms with Crippen molar-refractivity contribution in [2.45, 2.75) is 52.6 Å². The summed E-state index contributed by atoms with van der Waals surface area (Å²) < 4.78 is 0. The monoisotopic (exact) mass is 170 g/mol. The standard InChI is InChI=1S/C11H22O/c1-4-8(2)10-5-6-11(12)9(3)7-10/h8-12H,4-7H2,1-3H3/t8?,9-,10?,11?/m1/s1. The molecule has 1 aliphatic rings. The highest BCUT2D eigenvalue weighted by Gasteiger charge is 2.28. The Morgan fingerprint density at radius 2 is 2.08 bits per heavy atom. The lowest BCUT2D eigenvalue weighted by atomic mass is 9.74. The molecule has 1 aliphatic carbocycles. The molecule has 3 unspecified atom stereocenters. The van der Waals surface area contributed by atoms with Gasteiger partial charge < -0.3 is 5.11 Å². The molecular formula is C11H22O. The van der Waals surface area contributed by atoms with Crippen LogP contribution in [0.1, 0.15) is 46.5 Å². The van der Waals surface area contributed by atoms with Crippen LogP contribution in [0.5, 0.6) is 0 Å². The van der Waals surface area contributed by atoms with Gasteiger partial charge >= 0.3 is 0 Å². The fourth-order valence-corrected chi connectivity index (χ4v) is 2.27. The van der Waals surface area contributed by atoms with Gasteiger partial charge in [0.15, 0.2) is 0 Å². The van der Waals surface area contributed by atoms with E-state index in [-0.39, 0.29) is 6.10 Å². The van der Waals surface area contributed by atoms with E-state index in [9.17, 15) is 5.11 Å². The summed E-state index contributed by atoms with van der Waals surface area (Å²) in [4.78, 5) is 0. The Labute approximate surface area is 76.2 Å². The highest BCUT2D eigenvalue weighted by atomic mass is 16.3. The van der Waals surface area contributed by atoms with Gasteiger partial charge in [-0.15, -0.1) is 0 Å². The molecule has 0 saturated heterocycles. The Hall–Kier alpha value is -0.0400. The van der Waals surface area contributed by atoms with E-state index in [1.807, 2.05) is 0 Å². The molecule has 1 rings (SSSR count). The van der Waals surface area contributed by atoms with Crippen LogP contribution in [0.2, 0.25) is 0 Å². The van der Waals surface area contributed by atoms with Crippen LogP contribution in [0.25, 0.3) is 0 Å². The van der Waals surface area contributed by atoms with Gasteiger partial charge in [0.05, 0.1) is 6.10 Å². The summed E-state index contributed by atoms with van der Waals surface area (Å²) in [5, 5.41) is 9.55. The smallest absolute Gasteiger partial charge is 0.0566 e. The van der Waals surface area contributed by atoms with Gasteiger partial charge in [0, 0.05) is 0 Å². The molecular weight excluding hydrogens is 148 g/mol. The lowest BCUT2D eigenvalue weighted by Gasteiger charge is -2.34. The Morgan fingerprint density at radius 1 is 1.42 bits per heavy atom. The van der Waals surface area contributed by atoms with Gasteiger partial charge in [0.25, 0.3) is 0 Å². The summed E-state index contributed by atoms with van der Waals surface area (Å²) in [7, 11) is 0. The van der Waals surface area contributed by atoms with Gasteiger partial charge in [-0.25, -0.2) is 0 Å². The molecule has 0 aromatic rings. The Balaban J connectivity index is 2.39. The van der Waals surface area contributed by atoms with Crippen LogP contribution in [0.15, 0.2) is 0 Å². The van der Waals surface area contributed by atoms with Crippen LogP contribution >= 0.6 is 0 Å². The highest BCUT2D eigenvalue weighted by Crippen LogP contribution is 2.34. The van der Waals surface area contributed by atoms with E-state index in [0.29, 0.717) is 5.92 Å². The van der Waals surface area contributed by atoms with E-state index in [1.54, 1.807) is 0 Å². The molecule has 0 radical (unpaired) electrons. The maximum atomic E-state index is 9.55. The summed E-state index contributed by atoms with van der Waals surface area (Å²) in [5.74, 6) is 2.24. The molecule has 0 heterocycles. The normalized spacial score (nSPS) is 39.5. The minimum absolute atomic E-state index is 0.0229. The number of rotatable bonds is 2. The molecule has 0 amide bonds. The van der Waals surface area contributed by atoms with E-state index in [2.05, 4.69) is 20.8 Å². The minimum Gasteiger partial charge on any atom is -0.393 e. The van der Waals surface area contributed by atoms with Crippen LogP contribution in [-0.2, 0) is 0 Å². The second-order valence-corrected chi connectivity index (χ2v) is 4.50.